The first-order valence-electron chi connectivity index (χ1n) is 5.50. The monoisotopic (exact) mass is 240 g/mol. The largest absolute Gasteiger partial charge is 0.481 e. The average molecular weight is 240 g/mol. The van der Waals surface area contributed by atoms with Crippen LogP contribution in [0, 0.1) is 0 Å². The summed E-state index contributed by atoms with van der Waals surface area (Å²) in [6.07, 6.45) is 1.10. The summed E-state index contributed by atoms with van der Waals surface area (Å²) in [6, 6.07) is -0.399. The fourth-order valence-corrected chi connectivity index (χ4v) is 1.31. The molecule has 0 saturated heterocycles. The SMILES string of the molecule is CCc1nc(C(=O)NC(CC)CC(=O)O)n[nH]1. The van der Waals surface area contributed by atoms with Crippen molar-refractivity contribution in [2.24, 2.45) is 0 Å². The molecule has 17 heavy (non-hydrogen) atoms. The van der Waals surface area contributed by atoms with Crippen molar-refractivity contribution in [3.05, 3.63) is 11.6 Å². The van der Waals surface area contributed by atoms with E-state index in [1.54, 1.807) is 0 Å². The molecule has 3 N–H and O–H groups in total. The second-order valence-corrected chi connectivity index (χ2v) is 3.64. The zero-order chi connectivity index (χ0) is 12.8. The lowest BCUT2D eigenvalue weighted by atomic mass is 10.1. The van der Waals surface area contributed by atoms with Crippen molar-refractivity contribution in [3.8, 4) is 0 Å². The predicted octanol–water partition coefficient (Wildman–Crippen LogP) is 0.350. The Bertz CT molecular complexity index is 402. The molecule has 1 rings (SSSR count). The maximum atomic E-state index is 11.7. The second-order valence-electron chi connectivity index (χ2n) is 3.64. The number of hydrogen-bond acceptors (Lipinski definition) is 4. The summed E-state index contributed by atoms with van der Waals surface area (Å²) in [5.41, 5.74) is 0. The van der Waals surface area contributed by atoms with Gasteiger partial charge in [-0.25, -0.2) is 4.98 Å². The molecule has 0 bridgehead atoms. The standard InChI is InChI=1S/C10H16N4O3/c1-3-6(5-8(15)16)11-10(17)9-12-7(4-2)13-14-9/h6H,3-5H2,1-2H3,(H,11,17)(H,15,16)(H,12,13,14). The molecular weight excluding hydrogens is 224 g/mol. The first-order chi connectivity index (χ1) is 8.06. The summed E-state index contributed by atoms with van der Waals surface area (Å²) in [5.74, 6) is -0.720. The van der Waals surface area contributed by atoms with Crippen LogP contribution < -0.4 is 5.32 Å². The van der Waals surface area contributed by atoms with Crippen molar-refractivity contribution < 1.29 is 14.7 Å². The summed E-state index contributed by atoms with van der Waals surface area (Å²) >= 11 is 0. The molecule has 0 aliphatic rings. The first-order valence-corrected chi connectivity index (χ1v) is 5.50. The van der Waals surface area contributed by atoms with Crippen molar-refractivity contribution >= 4 is 11.9 Å². The van der Waals surface area contributed by atoms with Crippen LogP contribution in [0.3, 0.4) is 0 Å². The number of aromatic nitrogens is 3. The lowest BCUT2D eigenvalue weighted by Gasteiger charge is -2.12. The summed E-state index contributed by atoms with van der Waals surface area (Å²) in [4.78, 5) is 26.2. The minimum absolute atomic E-state index is 0.0469. The molecule has 1 unspecified atom stereocenters. The van der Waals surface area contributed by atoms with Gasteiger partial charge in [0.2, 0.25) is 5.82 Å². The lowest BCUT2D eigenvalue weighted by molar-refractivity contribution is -0.137. The summed E-state index contributed by atoms with van der Waals surface area (Å²) in [6.45, 7) is 3.70. The first kappa shape index (κ1) is 13.1. The van der Waals surface area contributed by atoms with Crippen LogP contribution in [0.1, 0.15) is 43.1 Å². The highest BCUT2D eigenvalue weighted by molar-refractivity contribution is 5.90. The van der Waals surface area contributed by atoms with Crippen LogP contribution in [-0.4, -0.2) is 38.2 Å². The van der Waals surface area contributed by atoms with Gasteiger partial charge in [0.1, 0.15) is 5.82 Å². The third kappa shape index (κ3) is 3.86. The minimum Gasteiger partial charge on any atom is -0.481 e. The van der Waals surface area contributed by atoms with Gasteiger partial charge < -0.3 is 10.4 Å². The number of hydrogen-bond donors (Lipinski definition) is 3. The van der Waals surface area contributed by atoms with Gasteiger partial charge in [-0.1, -0.05) is 13.8 Å². The zero-order valence-corrected chi connectivity index (χ0v) is 9.86. The topological polar surface area (TPSA) is 108 Å². The van der Waals surface area contributed by atoms with Crippen LogP contribution in [0.15, 0.2) is 0 Å². The third-order valence-electron chi connectivity index (χ3n) is 2.32. The highest BCUT2D eigenvalue weighted by Gasteiger charge is 2.18. The molecule has 0 aliphatic heterocycles. The Morgan fingerprint density at radius 3 is 2.65 bits per heavy atom. The fourth-order valence-electron chi connectivity index (χ4n) is 1.31. The maximum absolute atomic E-state index is 11.7. The Kier molecular flexibility index (Phi) is 4.62. The highest BCUT2D eigenvalue weighted by atomic mass is 16.4. The van der Waals surface area contributed by atoms with Crippen molar-refractivity contribution in [2.45, 2.75) is 39.2 Å². The van der Waals surface area contributed by atoms with E-state index in [1.165, 1.54) is 0 Å². The molecule has 0 fully saturated rings. The van der Waals surface area contributed by atoms with E-state index in [1.807, 2.05) is 13.8 Å². The van der Waals surface area contributed by atoms with Crippen LogP contribution in [0.25, 0.3) is 0 Å². The molecular formula is C10H16N4O3. The van der Waals surface area contributed by atoms with Gasteiger partial charge in [0.25, 0.3) is 5.91 Å². The van der Waals surface area contributed by atoms with Gasteiger partial charge in [0.15, 0.2) is 0 Å². The molecule has 7 nitrogen and oxygen atoms in total. The Balaban J connectivity index is 2.60. The molecule has 0 aliphatic carbocycles. The number of rotatable bonds is 6. The molecule has 0 radical (unpaired) electrons. The van der Waals surface area contributed by atoms with E-state index in [-0.39, 0.29) is 12.2 Å². The fraction of sp³-hybridized carbons (Fsp3) is 0.600. The minimum atomic E-state index is -0.943. The van der Waals surface area contributed by atoms with E-state index in [4.69, 9.17) is 5.11 Å². The van der Waals surface area contributed by atoms with Crippen molar-refractivity contribution in [3.63, 3.8) is 0 Å². The van der Waals surface area contributed by atoms with Gasteiger partial charge in [-0.2, -0.15) is 0 Å². The Morgan fingerprint density at radius 2 is 2.18 bits per heavy atom. The van der Waals surface area contributed by atoms with Gasteiger partial charge >= 0.3 is 5.97 Å². The Hall–Kier alpha value is -1.92. The van der Waals surface area contributed by atoms with E-state index in [9.17, 15) is 9.59 Å². The molecule has 1 aromatic rings. The van der Waals surface area contributed by atoms with E-state index in [0.717, 1.165) is 0 Å². The highest BCUT2D eigenvalue weighted by Crippen LogP contribution is 2.00. The number of carbonyl (C=O) groups is 2. The molecule has 1 amide bonds. The van der Waals surface area contributed by atoms with Crippen LogP contribution >= 0.6 is 0 Å². The van der Waals surface area contributed by atoms with E-state index >= 15 is 0 Å². The molecule has 94 valence electrons. The number of aryl methyl sites for hydroxylation is 1. The summed E-state index contributed by atoms with van der Waals surface area (Å²) in [7, 11) is 0. The van der Waals surface area contributed by atoms with E-state index in [2.05, 4.69) is 20.5 Å². The van der Waals surface area contributed by atoms with Gasteiger partial charge in [-0.3, -0.25) is 14.7 Å². The molecule has 1 heterocycles. The molecule has 0 aromatic carbocycles. The summed E-state index contributed by atoms with van der Waals surface area (Å²) in [5, 5.41) is 17.6. The second kappa shape index (κ2) is 5.97. The van der Waals surface area contributed by atoms with Crippen LogP contribution in [0.2, 0.25) is 0 Å². The Labute approximate surface area is 98.6 Å². The summed E-state index contributed by atoms with van der Waals surface area (Å²) < 4.78 is 0. The van der Waals surface area contributed by atoms with Gasteiger partial charge in [-0.05, 0) is 6.42 Å². The molecule has 1 atom stereocenters. The number of aromatic amines is 1. The van der Waals surface area contributed by atoms with E-state index < -0.39 is 17.9 Å². The number of aliphatic carboxylic acids is 1. The number of nitrogens with one attached hydrogen (secondary N) is 2. The van der Waals surface area contributed by atoms with Crippen LogP contribution in [0.4, 0.5) is 0 Å². The van der Waals surface area contributed by atoms with Crippen molar-refractivity contribution in [1.29, 1.82) is 0 Å². The number of nitrogens with zero attached hydrogens (tertiary/aromatic N) is 2. The zero-order valence-electron chi connectivity index (χ0n) is 9.86. The molecule has 0 saturated carbocycles. The van der Waals surface area contributed by atoms with Crippen molar-refractivity contribution in [1.82, 2.24) is 20.5 Å². The molecule has 1 aromatic heterocycles. The molecule has 7 heteroatoms. The van der Waals surface area contributed by atoms with Crippen LogP contribution in [0.5, 0.6) is 0 Å². The van der Waals surface area contributed by atoms with E-state index in [0.29, 0.717) is 18.7 Å². The van der Waals surface area contributed by atoms with Gasteiger partial charge in [-0.15, -0.1) is 5.10 Å². The number of amides is 1. The number of carbonyl (C=O) groups excluding carboxylic acids is 1. The smallest absolute Gasteiger partial charge is 0.305 e. The third-order valence-corrected chi connectivity index (χ3v) is 2.32. The lowest BCUT2D eigenvalue weighted by Crippen LogP contribution is -2.36. The van der Waals surface area contributed by atoms with Gasteiger partial charge in [0.05, 0.1) is 6.42 Å². The number of carboxylic acids is 1. The maximum Gasteiger partial charge on any atom is 0.305 e. The number of carboxylic acid groups (broad SMARTS) is 1. The Morgan fingerprint density at radius 1 is 1.47 bits per heavy atom. The van der Waals surface area contributed by atoms with Gasteiger partial charge in [0, 0.05) is 12.5 Å². The normalized spacial score (nSPS) is 12.1. The predicted molar refractivity (Wildman–Crippen MR) is 59.6 cm³/mol. The number of H-pyrrole nitrogens is 1. The quantitative estimate of drug-likeness (QED) is 0.665. The average Bonchev–Trinajstić information content (AvgIpc) is 2.75. The molecule has 0 spiro atoms. The van der Waals surface area contributed by atoms with Crippen molar-refractivity contribution in [2.75, 3.05) is 0 Å². The van der Waals surface area contributed by atoms with Crippen LogP contribution in [-0.2, 0) is 11.2 Å².